The number of aliphatic carboxylic acids is 1. The van der Waals surface area contributed by atoms with Crippen LogP contribution in [-0.2, 0) is 20.8 Å². The molecule has 0 fully saturated rings. The Balaban J connectivity index is 1.63. The molecule has 2 aromatic rings. The molecule has 0 unspecified atom stereocenters. The van der Waals surface area contributed by atoms with Crippen LogP contribution in [0.3, 0.4) is 0 Å². The number of allylic oxidation sites excluding steroid dienone is 1. The third-order valence-electron chi connectivity index (χ3n) is 5.23. The molecule has 1 amide bonds. The third kappa shape index (κ3) is 3.05. The molecule has 1 aromatic heterocycles. The van der Waals surface area contributed by atoms with Gasteiger partial charge in [-0.3, -0.25) is 9.59 Å². The van der Waals surface area contributed by atoms with E-state index in [1.54, 1.807) is 0 Å². The summed E-state index contributed by atoms with van der Waals surface area (Å²) < 4.78 is 0. The monoisotopic (exact) mass is 365 g/mol. The number of hydrogen-bond donors (Lipinski definition) is 2. The number of fused-ring (bicyclic) bond motifs is 1. The van der Waals surface area contributed by atoms with Gasteiger partial charge in [0.2, 0.25) is 5.91 Å². The quantitative estimate of drug-likeness (QED) is 0.864. The number of nitrogens with zero attached hydrogens (tertiary/aromatic N) is 2. The lowest BCUT2D eigenvalue weighted by molar-refractivity contribution is -0.151. The number of rotatable bonds is 4. The number of carbonyl (C=O) groups excluding carboxylic acids is 2. The fourth-order valence-corrected chi connectivity index (χ4v) is 3.92. The molecule has 2 aliphatic rings. The number of benzene rings is 1. The molecule has 2 N–H and O–H groups in total. The van der Waals surface area contributed by atoms with Gasteiger partial charge < -0.3 is 15.0 Å². The number of ketones is 1. The summed E-state index contributed by atoms with van der Waals surface area (Å²) in [6.07, 6.45) is 2.89. The molecular formula is C20H19N3O4. The zero-order valence-corrected chi connectivity index (χ0v) is 14.6. The molecule has 0 saturated heterocycles. The lowest BCUT2D eigenvalue weighted by Crippen LogP contribution is -2.43. The molecule has 0 saturated carbocycles. The predicted molar refractivity (Wildman–Crippen MR) is 96.6 cm³/mol. The van der Waals surface area contributed by atoms with E-state index in [1.807, 2.05) is 30.3 Å². The number of Topliss-reactive ketones (excluding diaryl/α,β-unsaturated/α-hetero) is 1. The van der Waals surface area contributed by atoms with Gasteiger partial charge in [0.1, 0.15) is 0 Å². The number of carboxylic acids is 1. The van der Waals surface area contributed by atoms with Crippen molar-refractivity contribution in [1.29, 1.82) is 0 Å². The number of amides is 1. The van der Waals surface area contributed by atoms with Gasteiger partial charge >= 0.3 is 5.97 Å². The van der Waals surface area contributed by atoms with Gasteiger partial charge in [-0.25, -0.2) is 9.78 Å². The van der Waals surface area contributed by atoms with E-state index in [1.165, 1.54) is 11.2 Å². The fraction of sp³-hybridized carbons (Fsp3) is 0.300. The molecule has 7 nitrogen and oxygen atoms in total. The van der Waals surface area contributed by atoms with E-state index in [2.05, 4.69) is 9.97 Å². The van der Waals surface area contributed by atoms with Crippen LogP contribution >= 0.6 is 0 Å². The number of carboxylic acid groups (broad SMARTS) is 1. The molecule has 0 bridgehead atoms. The summed E-state index contributed by atoms with van der Waals surface area (Å²) in [7, 11) is 0. The first-order valence-electron chi connectivity index (χ1n) is 8.91. The normalized spacial score (nSPS) is 19.3. The first-order chi connectivity index (χ1) is 13.1. The van der Waals surface area contributed by atoms with Crippen molar-refractivity contribution < 1.29 is 19.5 Å². The van der Waals surface area contributed by atoms with E-state index in [4.69, 9.17) is 0 Å². The molecule has 1 aromatic carbocycles. The predicted octanol–water partition coefficient (Wildman–Crippen LogP) is 2.13. The van der Waals surface area contributed by atoms with Crippen molar-refractivity contribution in [3.63, 3.8) is 0 Å². The highest BCUT2D eigenvalue weighted by molar-refractivity contribution is 6.10. The zero-order chi connectivity index (χ0) is 19.0. The Bertz CT molecular complexity index is 945. The van der Waals surface area contributed by atoms with Crippen molar-refractivity contribution in [2.75, 3.05) is 6.54 Å². The maximum atomic E-state index is 13.0. The van der Waals surface area contributed by atoms with E-state index >= 15 is 0 Å². The number of aromatic nitrogens is 2. The molecule has 138 valence electrons. The Morgan fingerprint density at radius 3 is 2.70 bits per heavy atom. The van der Waals surface area contributed by atoms with Gasteiger partial charge in [-0.05, 0) is 17.6 Å². The van der Waals surface area contributed by atoms with Crippen LogP contribution in [0.4, 0.5) is 0 Å². The summed E-state index contributed by atoms with van der Waals surface area (Å²) in [5, 5.41) is 9.64. The van der Waals surface area contributed by atoms with Gasteiger partial charge in [-0.1, -0.05) is 30.3 Å². The van der Waals surface area contributed by atoms with Crippen molar-refractivity contribution in [3.8, 4) is 0 Å². The summed E-state index contributed by atoms with van der Waals surface area (Å²) in [5.41, 5.74) is 3.44. The number of imidazole rings is 1. The summed E-state index contributed by atoms with van der Waals surface area (Å²) in [4.78, 5) is 45.5. The Morgan fingerprint density at radius 2 is 1.96 bits per heavy atom. The second-order valence-corrected chi connectivity index (χ2v) is 6.77. The average molecular weight is 365 g/mol. The zero-order valence-electron chi connectivity index (χ0n) is 14.6. The second kappa shape index (κ2) is 6.83. The van der Waals surface area contributed by atoms with Crippen LogP contribution in [0.5, 0.6) is 0 Å². The van der Waals surface area contributed by atoms with Crippen LogP contribution in [0.1, 0.15) is 42.3 Å². The minimum atomic E-state index is -1.12. The van der Waals surface area contributed by atoms with Crippen LogP contribution in [0.25, 0.3) is 5.57 Å². The lowest BCUT2D eigenvalue weighted by atomic mass is 9.98. The Kier molecular flexibility index (Phi) is 4.35. The van der Waals surface area contributed by atoms with E-state index in [0.717, 1.165) is 16.8 Å². The summed E-state index contributed by atoms with van der Waals surface area (Å²) in [5.74, 6) is -1.51. The van der Waals surface area contributed by atoms with Crippen molar-refractivity contribution in [2.45, 2.75) is 31.7 Å². The number of aromatic amines is 1. The third-order valence-corrected chi connectivity index (χ3v) is 5.23. The van der Waals surface area contributed by atoms with Crippen molar-refractivity contribution in [3.05, 3.63) is 59.2 Å². The van der Waals surface area contributed by atoms with Gasteiger partial charge in [0.25, 0.3) is 0 Å². The summed E-state index contributed by atoms with van der Waals surface area (Å²) in [6, 6.07) is 8.43. The van der Waals surface area contributed by atoms with Gasteiger partial charge in [0, 0.05) is 30.7 Å². The van der Waals surface area contributed by atoms with E-state index in [0.29, 0.717) is 30.5 Å². The molecule has 27 heavy (non-hydrogen) atoms. The minimum absolute atomic E-state index is 0.0356. The van der Waals surface area contributed by atoms with Gasteiger partial charge in [0.15, 0.2) is 11.8 Å². The van der Waals surface area contributed by atoms with Crippen LogP contribution < -0.4 is 0 Å². The molecule has 1 aliphatic heterocycles. The van der Waals surface area contributed by atoms with Crippen molar-refractivity contribution >= 4 is 23.2 Å². The smallest absolute Gasteiger partial charge is 0.332 e. The Morgan fingerprint density at radius 1 is 1.19 bits per heavy atom. The van der Waals surface area contributed by atoms with E-state index in [-0.39, 0.29) is 24.7 Å². The highest BCUT2D eigenvalue weighted by atomic mass is 16.4. The molecule has 0 spiro atoms. The van der Waals surface area contributed by atoms with Crippen LogP contribution in [0, 0.1) is 0 Å². The first kappa shape index (κ1) is 17.2. The maximum Gasteiger partial charge on any atom is 0.332 e. The topological polar surface area (TPSA) is 103 Å². The number of carbonyl (C=O) groups is 3. The van der Waals surface area contributed by atoms with Gasteiger partial charge in [-0.15, -0.1) is 0 Å². The summed E-state index contributed by atoms with van der Waals surface area (Å²) in [6.45, 7) is 0.285. The van der Waals surface area contributed by atoms with E-state index in [9.17, 15) is 19.5 Å². The highest BCUT2D eigenvalue weighted by Gasteiger charge is 2.39. The molecular weight excluding hydrogens is 346 g/mol. The highest BCUT2D eigenvalue weighted by Crippen LogP contribution is 2.35. The Hall–Kier alpha value is -3.22. The van der Waals surface area contributed by atoms with Gasteiger partial charge in [0.05, 0.1) is 18.4 Å². The maximum absolute atomic E-state index is 13.0. The number of H-pyrrole nitrogens is 1. The fourth-order valence-electron chi connectivity index (χ4n) is 3.92. The molecule has 0 radical (unpaired) electrons. The van der Waals surface area contributed by atoms with Crippen LogP contribution in [-0.4, -0.2) is 44.2 Å². The van der Waals surface area contributed by atoms with Crippen molar-refractivity contribution in [1.82, 2.24) is 14.9 Å². The summed E-state index contributed by atoms with van der Waals surface area (Å²) >= 11 is 0. The molecule has 1 atom stereocenters. The molecule has 2 heterocycles. The Labute approximate surface area is 155 Å². The molecule has 4 rings (SSSR count). The standard InChI is InChI=1S/C20H19N3O4/c24-16-7-6-13(12-4-2-1-3-5-12)14(16)10-17(25)23-9-8-15-18(22-11-21-15)19(23)20(26)27/h1-5,11,19H,6-10H2,(H,21,22)(H,26,27)/t19-/m1/s1. The minimum Gasteiger partial charge on any atom is -0.479 e. The number of hydrogen-bond acceptors (Lipinski definition) is 4. The largest absolute Gasteiger partial charge is 0.479 e. The first-order valence-corrected chi connectivity index (χ1v) is 8.91. The van der Waals surface area contributed by atoms with Crippen LogP contribution in [0.15, 0.2) is 42.2 Å². The molecule has 1 aliphatic carbocycles. The van der Waals surface area contributed by atoms with Crippen LogP contribution in [0.2, 0.25) is 0 Å². The SMILES string of the molecule is O=C1CCC(c2ccccc2)=C1CC(=O)N1CCc2[nH]cnc2[C@@H]1C(=O)O. The average Bonchev–Trinajstić information content (AvgIpc) is 3.28. The van der Waals surface area contributed by atoms with Gasteiger partial charge in [-0.2, -0.15) is 0 Å². The van der Waals surface area contributed by atoms with Crippen molar-refractivity contribution in [2.24, 2.45) is 0 Å². The lowest BCUT2D eigenvalue weighted by Gasteiger charge is -2.32. The molecule has 7 heteroatoms. The second-order valence-electron chi connectivity index (χ2n) is 6.77. The number of nitrogens with one attached hydrogen (secondary N) is 1. The van der Waals surface area contributed by atoms with E-state index < -0.39 is 12.0 Å².